The molecule has 1 unspecified atom stereocenters. The first-order valence-corrected chi connectivity index (χ1v) is 8.32. The molecule has 19 heavy (non-hydrogen) atoms. The molecule has 2 rings (SSSR count). The van der Waals surface area contributed by atoms with Crippen LogP contribution in [0.3, 0.4) is 0 Å². The molecular weight excluding hydrogens is 268 g/mol. The third-order valence-electron chi connectivity index (χ3n) is 4.15. The van der Waals surface area contributed by atoms with Gasteiger partial charge in [0.2, 0.25) is 15.9 Å². The van der Waals surface area contributed by atoms with Gasteiger partial charge in [-0.1, -0.05) is 6.42 Å². The van der Waals surface area contributed by atoms with E-state index in [1.54, 1.807) is 12.0 Å². The van der Waals surface area contributed by atoms with E-state index in [0.717, 1.165) is 12.8 Å². The van der Waals surface area contributed by atoms with Gasteiger partial charge >= 0.3 is 0 Å². The number of carbonyl (C=O) groups excluding carboxylic acids is 1. The van der Waals surface area contributed by atoms with Crippen LogP contribution in [-0.4, -0.2) is 51.8 Å². The average Bonchev–Trinajstić information content (AvgIpc) is 2.53. The number of nitrogens with zero attached hydrogens (tertiary/aromatic N) is 1. The van der Waals surface area contributed by atoms with Crippen LogP contribution in [0.4, 0.5) is 0 Å². The highest BCUT2D eigenvalue weighted by atomic mass is 32.2. The van der Waals surface area contributed by atoms with Crippen LogP contribution in [0.15, 0.2) is 0 Å². The first-order chi connectivity index (χ1) is 8.84. The molecule has 1 aliphatic carbocycles. The second-order valence-corrected chi connectivity index (χ2v) is 7.62. The summed E-state index contributed by atoms with van der Waals surface area (Å²) in [5.41, 5.74) is 0.0842. The van der Waals surface area contributed by atoms with Gasteiger partial charge < -0.3 is 9.64 Å². The van der Waals surface area contributed by atoms with Crippen LogP contribution >= 0.6 is 0 Å². The van der Waals surface area contributed by atoms with E-state index in [0.29, 0.717) is 26.1 Å². The number of hydrogen-bond acceptors (Lipinski definition) is 4. The lowest BCUT2D eigenvalue weighted by Gasteiger charge is -2.43. The van der Waals surface area contributed by atoms with E-state index in [1.807, 2.05) is 0 Å². The maximum atomic E-state index is 11.9. The molecule has 1 saturated carbocycles. The highest BCUT2D eigenvalue weighted by Crippen LogP contribution is 2.42. The molecule has 0 aromatic rings. The van der Waals surface area contributed by atoms with E-state index in [9.17, 15) is 13.2 Å². The number of nitrogens with two attached hydrogens (primary N) is 1. The molecule has 0 bridgehead atoms. The zero-order valence-corrected chi connectivity index (χ0v) is 12.1. The van der Waals surface area contributed by atoms with Crippen molar-refractivity contribution in [1.29, 1.82) is 0 Å². The molecule has 1 amide bonds. The van der Waals surface area contributed by atoms with E-state index in [-0.39, 0.29) is 23.0 Å². The van der Waals surface area contributed by atoms with Crippen molar-refractivity contribution in [3.63, 3.8) is 0 Å². The molecule has 110 valence electrons. The first kappa shape index (κ1) is 14.7. The summed E-state index contributed by atoms with van der Waals surface area (Å²) in [4.78, 5) is 13.7. The summed E-state index contributed by atoms with van der Waals surface area (Å²) in [5, 5.41) is 5.04. The minimum Gasteiger partial charge on any atom is -0.384 e. The smallest absolute Gasteiger partial charge is 0.222 e. The van der Waals surface area contributed by atoms with Gasteiger partial charge in [-0.3, -0.25) is 4.79 Å². The van der Waals surface area contributed by atoms with Crippen molar-refractivity contribution in [1.82, 2.24) is 4.90 Å². The summed E-state index contributed by atoms with van der Waals surface area (Å²) in [6.45, 7) is 1.85. The van der Waals surface area contributed by atoms with Crippen LogP contribution in [-0.2, 0) is 19.6 Å². The standard InChI is InChI=1S/C12H22N2O4S/c1-18-9-12(3-2-4-12)8-14-6-10(5-11(14)15)7-19(13,16)17/h10H,2-9H2,1H3,(H2,13,16,17). The summed E-state index contributed by atoms with van der Waals surface area (Å²) in [7, 11) is -1.83. The number of rotatable bonds is 6. The number of amides is 1. The van der Waals surface area contributed by atoms with Crippen molar-refractivity contribution in [3.05, 3.63) is 0 Å². The number of sulfonamides is 1. The van der Waals surface area contributed by atoms with E-state index in [1.165, 1.54) is 6.42 Å². The van der Waals surface area contributed by atoms with E-state index in [2.05, 4.69) is 0 Å². The van der Waals surface area contributed by atoms with Crippen LogP contribution in [0.25, 0.3) is 0 Å². The Morgan fingerprint density at radius 1 is 1.47 bits per heavy atom. The lowest BCUT2D eigenvalue weighted by atomic mass is 9.69. The zero-order valence-electron chi connectivity index (χ0n) is 11.3. The predicted molar refractivity (Wildman–Crippen MR) is 70.8 cm³/mol. The Morgan fingerprint density at radius 2 is 2.16 bits per heavy atom. The molecule has 2 aliphatic rings. The molecule has 7 heteroatoms. The number of methoxy groups -OCH3 is 1. The van der Waals surface area contributed by atoms with Crippen LogP contribution in [0, 0.1) is 11.3 Å². The highest BCUT2D eigenvalue weighted by molar-refractivity contribution is 7.89. The number of likely N-dealkylation sites (tertiary alicyclic amines) is 1. The molecular formula is C12H22N2O4S. The molecule has 2 fully saturated rings. The Balaban J connectivity index is 1.93. The van der Waals surface area contributed by atoms with Gasteiger partial charge in [0.25, 0.3) is 0 Å². The Bertz CT molecular complexity index is 445. The van der Waals surface area contributed by atoms with Crippen LogP contribution < -0.4 is 5.14 Å². The zero-order chi connectivity index (χ0) is 14.1. The van der Waals surface area contributed by atoms with Crippen molar-refractivity contribution in [2.24, 2.45) is 16.5 Å². The van der Waals surface area contributed by atoms with Gasteiger partial charge in [0.05, 0.1) is 12.4 Å². The topological polar surface area (TPSA) is 89.7 Å². The maximum Gasteiger partial charge on any atom is 0.222 e. The molecule has 2 N–H and O–H groups in total. The number of carbonyl (C=O) groups is 1. The van der Waals surface area contributed by atoms with Crippen LogP contribution in [0.1, 0.15) is 25.7 Å². The largest absolute Gasteiger partial charge is 0.384 e. The predicted octanol–water partition coefficient (Wildman–Crippen LogP) is -0.0599. The first-order valence-electron chi connectivity index (χ1n) is 6.61. The molecule has 1 aliphatic heterocycles. The van der Waals surface area contributed by atoms with Gasteiger partial charge in [-0.2, -0.15) is 0 Å². The highest BCUT2D eigenvalue weighted by Gasteiger charge is 2.42. The summed E-state index contributed by atoms with van der Waals surface area (Å²) in [6.07, 6.45) is 3.61. The lowest BCUT2D eigenvalue weighted by molar-refractivity contribution is -0.131. The molecule has 0 radical (unpaired) electrons. The molecule has 0 aromatic carbocycles. The van der Waals surface area contributed by atoms with E-state index >= 15 is 0 Å². The number of hydrogen-bond donors (Lipinski definition) is 1. The molecule has 1 heterocycles. The van der Waals surface area contributed by atoms with Gasteiger partial charge in [-0.05, 0) is 12.8 Å². The van der Waals surface area contributed by atoms with Crippen molar-refractivity contribution >= 4 is 15.9 Å². The van der Waals surface area contributed by atoms with Gasteiger partial charge in [-0.15, -0.1) is 0 Å². The second-order valence-electron chi connectivity index (χ2n) is 5.96. The third kappa shape index (κ3) is 3.67. The maximum absolute atomic E-state index is 11.9. The van der Waals surface area contributed by atoms with Crippen molar-refractivity contribution in [3.8, 4) is 0 Å². The van der Waals surface area contributed by atoms with Gasteiger partial charge in [-0.25, -0.2) is 13.6 Å². The minimum atomic E-state index is -3.50. The SMILES string of the molecule is COCC1(CN2CC(CS(N)(=O)=O)CC2=O)CCC1. The minimum absolute atomic E-state index is 0.0380. The molecule has 6 nitrogen and oxygen atoms in total. The Kier molecular flexibility index (Phi) is 4.17. The summed E-state index contributed by atoms with van der Waals surface area (Å²) < 4.78 is 27.4. The third-order valence-corrected chi connectivity index (χ3v) is 5.09. The Morgan fingerprint density at radius 3 is 2.63 bits per heavy atom. The summed E-state index contributed by atoms with van der Waals surface area (Å²) >= 11 is 0. The van der Waals surface area contributed by atoms with Gasteiger partial charge in [0.15, 0.2) is 0 Å². The molecule has 0 aromatic heterocycles. The van der Waals surface area contributed by atoms with Gasteiger partial charge in [0, 0.05) is 38.0 Å². The monoisotopic (exact) mass is 290 g/mol. The van der Waals surface area contributed by atoms with Crippen LogP contribution in [0.2, 0.25) is 0 Å². The summed E-state index contributed by atoms with van der Waals surface area (Å²) in [5.74, 6) is -0.231. The molecule has 1 atom stereocenters. The van der Waals surface area contributed by atoms with Crippen molar-refractivity contribution in [2.75, 3.05) is 32.6 Å². The van der Waals surface area contributed by atoms with Crippen LogP contribution in [0.5, 0.6) is 0 Å². The number of ether oxygens (including phenoxy) is 1. The van der Waals surface area contributed by atoms with Gasteiger partial charge in [0.1, 0.15) is 0 Å². The fraction of sp³-hybridized carbons (Fsp3) is 0.917. The normalized spacial score (nSPS) is 26.5. The quantitative estimate of drug-likeness (QED) is 0.742. The Labute approximate surface area is 114 Å². The Hall–Kier alpha value is -0.660. The fourth-order valence-corrected chi connectivity index (χ4v) is 4.06. The van der Waals surface area contributed by atoms with Crippen molar-refractivity contribution < 1.29 is 17.9 Å². The molecule has 0 spiro atoms. The average molecular weight is 290 g/mol. The second kappa shape index (κ2) is 5.38. The van der Waals surface area contributed by atoms with E-state index in [4.69, 9.17) is 9.88 Å². The lowest BCUT2D eigenvalue weighted by Crippen LogP contribution is -2.46. The van der Waals surface area contributed by atoms with Crippen molar-refractivity contribution in [2.45, 2.75) is 25.7 Å². The van der Waals surface area contributed by atoms with E-state index < -0.39 is 10.0 Å². The molecule has 1 saturated heterocycles. The number of primary sulfonamides is 1. The summed E-state index contributed by atoms with van der Waals surface area (Å²) in [6, 6.07) is 0. The fourth-order valence-electron chi connectivity index (χ4n) is 3.18.